The smallest absolute Gasteiger partial charge is 0.278 e. The van der Waals surface area contributed by atoms with E-state index in [1.165, 1.54) is 11.7 Å². The fourth-order valence-electron chi connectivity index (χ4n) is 1.77. The lowest BCUT2D eigenvalue weighted by Gasteiger charge is -2.12. The average molecular weight is 345 g/mol. The van der Waals surface area contributed by atoms with E-state index in [1.807, 2.05) is 32.0 Å². The highest BCUT2D eigenvalue weighted by atomic mass is 79.9. The molecule has 8 heteroatoms. The van der Waals surface area contributed by atoms with Gasteiger partial charge in [-0.25, -0.2) is 4.68 Å². The number of aromatic nitrogens is 3. The molecular weight excluding hydrogens is 332 g/mol. The lowest BCUT2D eigenvalue weighted by atomic mass is 10.1. The van der Waals surface area contributed by atoms with Gasteiger partial charge in [-0.3, -0.25) is 4.72 Å². The maximum atomic E-state index is 12.4. The molecule has 1 aromatic heterocycles. The van der Waals surface area contributed by atoms with Crippen LogP contribution in [-0.2, 0) is 17.1 Å². The maximum Gasteiger partial charge on any atom is 0.281 e. The molecule has 0 aliphatic rings. The van der Waals surface area contributed by atoms with Crippen LogP contribution in [0.5, 0.6) is 0 Å². The van der Waals surface area contributed by atoms with Crippen LogP contribution in [0.4, 0.5) is 5.69 Å². The summed E-state index contributed by atoms with van der Waals surface area (Å²) in [6, 6.07) is 5.58. The summed E-state index contributed by atoms with van der Waals surface area (Å²) in [4.78, 5) is 0. The second kappa shape index (κ2) is 4.93. The minimum Gasteiger partial charge on any atom is -0.278 e. The minimum absolute atomic E-state index is 0.00449. The summed E-state index contributed by atoms with van der Waals surface area (Å²) in [5, 5.41) is 7.34. The van der Waals surface area contributed by atoms with E-state index in [1.54, 1.807) is 0 Å². The van der Waals surface area contributed by atoms with Crippen LogP contribution in [0.3, 0.4) is 0 Å². The van der Waals surface area contributed by atoms with Gasteiger partial charge < -0.3 is 0 Å². The summed E-state index contributed by atoms with van der Waals surface area (Å²) in [6.07, 6.45) is 0. The monoisotopic (exact) mass is 344 g/mol. The van der Waals surface area contributed by atoms with Crippen molar-refractivity contribution in [2.75, 3.05) is 4.72 Å². The van der Waals surface area contributed by atoms with Crippen LogP contribution < -0.4 is 4.72 Å². The largest absolute Gasteiger partial charge is 0.281 e. The number of nitrogens with one attached hydrogen (secondary N) is 1. The van der Waals surface area contributed by atoms with Crippen molar-refractivity contribution in [3.05, 3.63) is 33.9 Å². The predicted octanol–water partition coefficient (Wildman–Crippen LogP) is 2.00. The van der Waals surface area contributed by atoms with E-state index in [9.17, 15) is 8.42 Å². The molecule has 2 rings (SSSR count). The van der Waals surface area contributed by atoms with Gasteiger partial charge in [-0.1, -0.05) is 23.4 Å². The molecule has 1 aromatic carbocycles. The fourth-order valence-corrected chi connectivity index (χ4v) is 4.07. The van der Waals surface area contributed by atoms with Gasteiger partial charge in [-0.15, -0.1) is 5.10 Å². The van der Waals surface area contributed by atoms with Gasteiger partial charge in [-0.2, -0.15) is 8.42 Å². The molecule has 1 N–H and O–H groups in total. The highest BCUT2D eigenvalue weighted by molar-refractivity contribution is 9.10. The minimum atomic E-state index is -3.74. The molecule has 102 valence electrons. The van der Waals surface area contributed by atoms with Gasteiger partial charge in [0.1, 0.15) is 0 Å². The highest BCUT2D eigenvalue weighted by Crippen LogP contribution is 2.25. The first kappa shape index (κ1) is 14.0. The second-order valence-electron chi connectivity index (χ2n) is 4.18. The zero-order valence-electron chi connectivity index (χ0n) is 10.7. The number of hydrogen-bond acceptors (Lipinski definition) is 4. The second-order valence-corrected chi connectivity index (χ2v) is 6.53. The molecule has 0 fully saturated rings. The predicted molar refractivity (Wildman–Crippen MR) is 75.4 cm³/mol. The third-order valence-corrected chi connectivity index (χ3v) is 4.95. The summed E-state index contributed by atoms with van der Waals surface area (Å²) in [5.74, 6) is 0. The number of hydrogen-bond donors (Lipinski definition) is 1. The van der Waals surface area contributed by atoms with E-state index >= 15 is 0 Å². The standard InChI is InChI=1S/C11H13BrN4O2S/c1-7-5-4-6-8(2)9(7)14-19(17,18)11-10(12)13-15-16(11)3/h4-6,14H,1-3H3. The van der Waals surface area contributed by atoms with Gasteiger partial charge in [0, 0.05) is 7.05 Å². The first-order valence-electron chi connectivity index (χ1n) is 5.47. The summed E-state index contributed by atoms with van der Waals surface area (Å²) in [6.45, 7) is 3.70. The van der Waals surface area contributed by atoms with E-state index in [2.05, 4.69) is 31.0 Å². The molecule has 0 saturated heterocycles. The normalized spacial score (nSPS) is 11.6. The lowest BCUT2D eigenvalue weighted by Crippen LogP contribution is -2.18. The van der Waals surface area contributed by atoms with Gasteiger partial charge in [0.15, 0.2) is 4.60 Å². The van der Waals surface area contributed by atoms with Gasteiger partial charge >= 0.3 is 0 Å². The van der Waals surface area contributed by atoms with Crippen LogP contribution in [0, 0.1) is 13.8 Å². The van der Waals surface area contributed by atoms with Crippen molar-refractivity contribution in [3.63, 3.8) is 0 Å². The zero-order valence-corrected chi connectivity index (χ0v) is 13.1. The van der Waals surface area contributed by atoms with Crippen molar-refractivity contribution >= 4 is 31.6 Å². The third kappa shape index (κ3) is 2.64. The molecule has 0 spiro atoms. The van der Waals surface area contributed by atoms with Crippen molar-refractivity contribution in [3.8, 4) is 0 Å². The van der Waals surface area contributed by atoms with Gasteiger partial charge in [0.25, 0.3) is 10.0 Å². The molecule has 6 nitrogen and oxygen atoms in total. The molecule has 0 bridgehead atoms. The van der Waals surface area contributed by atoms with Gasteiger partial charge in [-0.05, 0) is 40.9 Å². The molecule has 19 heavy (non-hydrogen) atoms. The average Bonchev–Trinajstić information content (AvgIpc) is 2.64. The number of aryl methyl sites for hydroxylation is 3. The van der Waals surface area contributed by atoms with Crippen molar-refractivity contribution < 1.29 is 8.42 Å². The number of benzene rings is 1. The molecule has 1 heterocycles. The Hall–Kier alpha value is -1.41. The van der Waals surface area contributed by atoms with E-state index < -0.39 is 10.0 Å². The molecule has 0 atom stereocenters. The van der Waals surface area contributed by atoms with Gasteiger partial charge in [0.2, 0.25) is 5.03 Å². The molecule has 0 aliphatic heterocycles. The van der Waals surface area contributed by atoms with Crippen molar-refractivity contribution in [2.45, 2.75) is 18.9 Å². The van der Waals surface area contributed by atoms with Crippen LogP contribution in [0.15, 0.2) is 27.8 Å². The Bertz CT molecular complexity index is 685. The number of sulfonamides is 1. The molecule has 0 amide bonds. The number of nitrogens with zero attached hydrogens (tertiary/aromatic N) is 3. The van der Waals surface area contributed by atoms with Crippen molar-refractivity contribution in [1.29, 1.82) is 0 Å². The topological polar surface area (TPSA) is 76.9 Å². The fraction of sp³-hybridized carbons (Fsp3) is 0.273. The van der Waals surface area contributed by atoms with E-state index in [-0.39, 0.29) is 9.63 Å². The molecular formula is C11H13BrN4O2S. The SMILES string of the molecule is Cc1cccc(C)c1NS(=O)(=O)c1c(Br)nnn1C. The Morgan fingerprint density at radius 1 is 1.26 bits per heavy atom. The lowest BCUT2D eigenvalue weighted by molar-refractivity contribution is 0.578. The Kier molecular flexibility index (Phi) is 3.64. The molecule has 0 saturated carbocycles. The van der Waals surface area contributed by atoms with Crippen molar-refractivity contribution in [2.24, 2.45) is 7.05 Å². The van der Waals surface area contributed by atoms with E-state index in [4.69, 9.17) is 0 Å². The molecule has 0 aliphatic carbocycles. The summed E-state index contributed by atoms with van der Waals surface area (Å²) in [7, 11) is -2.21. The third-order valence-electron chi connectivity index (χ3n) is 2.71. The van der Waals surface area contributed by atoms with E-state index in [0.29, 0.717) is 5.69 Å². The Morgan fingerprint density at radius 3 is 2.32 bits per heavy atom. The number of para-hydroxylation sites is 1. The Morgan fingerprint density at radius 2 is 1.84 bits per heavy atom. The molecule has 0 radical (unpaired) electrons. The van der Waals surface area contributed by atoms with Crippen LogP contribution in [0.2, 0.25) is 0 Å². The van der Waals surface area contributed by atoms with Crippen LogP contribution in [0.1, 0.15) is 11.1 Å². The van der Waals surface area contributed by atoms with Crippen LogP contribution in [0.25, 0.3) is 0 Å². The number of rotatable bonds is 3. The summed E-state index contributed by atoms with van der Waals surface area (Å²) >= 11 is 3.09. The highest BCUT2D eigenvalue weighted by Gasteiger charge is 2.24. The Balaban J connectivity index is 2.49. The van der Waals surface area contributed by atoms with Crippen molar-refractivity contribution in [1.82, 2.24) is 15.0 Å². The first-order valence-corrected chi connectivity index (χ1v) is 7.75. The molecule has 2 aromatic rings. The summed E-state index contributed by atoms with van der Waals surface area (Å²) in [5.41, 5.74) is 2.29. The van der Waals surface area contributed by atoms with Crippen LogP contribution >= 0.6 is 15.9 Å². The Labute approximate surface area is 120 Å². The van der Waals surface area contributed by atoms with Crippen LogP contribution in [-0.4, -0.2) is 23.4 Å². The molecule has 0 unspecified atom stereocenters. The maximum absolute atomic E-state index is 12.4. The zero-order chi connectivity index (χ0) is 14.2. The first-order chi connectivity index (χ1) is 8.83. The summed E-state index contributed by atoms with van der Waals surface area (Å²) < 4.78 is 28.7. The number of halogens is 1. The van der Waals surface area contributed by atoms with Gasteiger partial charge in [0.05, 0.1) is 5.69 Å². The quantitative estimate of drug-likeness (QED) is 0.923. The van der Waals surface area contributed by atoms with E-state index in [0.717, 1.165) is 11.1 Å². The number of anilines is 1.